The van der Waals surface area contributed by atoms with Crippen LogP contribution in [0.15, 0.2) is 47.2 Å². The summed E-state index contributed by atoms with van der Waals surface area (Å²) < 4.78 is 0. The van der Waals surface area contributed by atoms with Crippen LogP contribution in [0.1, 0.15) is 15.4 Å². The number of para-hydroxylation sites is 1. The number of anilines is 1. The third-order valence-corrected chi connectivity index (χ3v) is 6.32. The number of nitrogens with zero attached hydrogens (tertiary/aromatic N) is 3. The second-order valence-electron chi connectivity index (χ2n) is 6.06. The van der Waals surface area contributed by atoms with Gasteiger partial charge in [0.1, 0.15) is 9.88 Å². The van der Waals surface area contributed by atoms with Crippen LogP contribution in [0.2, 0.25) is 0 Å². The lowest BCUT2D eigenvalue weighted by Gasteiger charge is -2.36. The molecule has 3 heterocycles. The van der Waals surface area contributed by atoms with E-state index in [0.717, 1.165) is 47.3 Å². The van der Waals surface area contributed by atoms with Crippen molar-refractivity contribution in [3.63, 3.8) is 0 Å². The van der Waals surface area contributed by atoms with E-state index in [9.17, 15) is 4.79 Å². The number of amides is 1. The Morgan fingerprint density at radius 2 is 1.84 bits per heavy atom. The predicted molar refractivity (Wildman–Crippen MR) is 105 cm³/mol. The second-order valence-corrected chi connectivity index (χ2v) is 7.84. The summed E-state index contributed by atoms with van der Waals surface area (Å²) in [7, 11) is 0. The van der Waals surface area contributed by atoms with Crippen LogP contribution < -0.4 is 4.90 Å². The molecule has 0 aliphatic carbocycles. The molecule has 0 saturated carbocycles. The molecule has 0 bridgehead atoms. The van der Waals surface area contributed by atoms with Crippen molar-refractivity contribution in [3.05, 3.63) is 57.7 Å². The molecule has 1 aliphatic heterocycles. The average molecular weight is 370 g/mol. The summed E-state index contributed by atoms with van der Waals surface area (Å²) in [6.07, 6.45) is 0. The number of rotatable bonds is 3. The molecule has 1 saturated heterocycles. The van der Waals surface area contributed by atoms with Gasteiger partial charge >= 0.3 is 0 Å². The number of thiophene rings is 1. The van der Waals surface area contributed by atoms with Gasteiger partial charge in [-0.25, -0.2) is 4.98 Å². The van der Waals surface area contributed by atoms with Crippen LogP contribution in [0.25, 0.3) is 10.6 Å². The van der Waals surface area contributed by atoms with E-state index in [2.05, 4.69) is 45.6 Å². The minimum Gasteiger partial charge on any atom is -0.368 e. The standard InChI is InChI=1S/C19H19N3OS2/c1-14-17(25-18(20-14)15-7-12-24-13-15)19(23)22-10-8-21(9-11-22)16-5-3-2-4-6-16/h2-7,12-13H,8-11H2,1H3. The van der Waals surface area contributed by atoms with Crippen LogP contribution in [0.3, 0.4) is 0 Å². The van der Waals surface area contributed by atoms with Crippen LogP contribution in [-0.2, 0) is 0 Å². The Bertz CT molecular complexity index is 850. The van der Waals surface area contributed by atoms with Gasteiger partial charge in [0.25, 0.3) is 5.91 Å². The van der Waals surface area contributed by atoms with Crippen molar-refractivity contribution < 1.29 is 4.79 Å². The zero-order chi connectivity index (χ0) is 17.2. The Kier molecular flexibility index (Phi) is 4.55. The number of carbonyl (C=O) groups excluding carboxylic acids is 1. The lowest BCUT2D eigenvalue weighted by atomic mass is 10.2. The highest BCUT2D eigenvalue weighted by Gasteiger charge is 2.25. The number of carbonyl (C=O) groups is 1. The Morgan fingerprint density at radius 3 is 2.52 bits per heavy atom. The number of aryl methyl sites for hydroxylation is 1. The molecular weight excluding hydrogens is 350 g/mol. The van der Waals surface area contributed by atoms with E-state index in [1.165, 1.54) is 17.0 Å². The highest BCUT2D eigenvalue weighted by Crippen LogP contribution is 2.30. The number of benzene rings is 1. The lowest BCUT2D eigenvalue weighted by Crippen LogP contribution is -2.48. The smallest absolute Gasteiger partial charge is 0.265 e. The third-order valence-electron chi connectivity index (χ3n) is 4.45. The largest absolute Gasteiger partial charge is 0.368 e. The minimum absolute atomic E-state index is 0.115. The van der Waals surface area contributed by atoms with E-state index < -0.39 is 0 Å². The fraction of sp³-hybridized carbons (Fsp3) is 0.263. The van der Waals surface area contributed by atoms with Gasteiger partial charge in [-0.2, -0.15) is 11.3 Å². The fourth-order valence-electron chi connectivity index (χ4n) is 3.05. The first-order valence-electron chi connectivity index (χ1n) is 8.31. The molecule has 3 aromatic rings. The van der Waals surface area contributed by atoms with Crippen molar-refractivity contribution >= 4 is 34.3 Å². The Hall–Kier alpha value is -2.18. The summed E-state index contributed by atoms with van der Waals surface area (Å²) in [5.41, 5.74) is 3.16. The van der Waals surface area contributed by atoms with Crippen molar-refractivity contribution in [1.29, 1.82) is 0 Å². The number of aromatic nitrogens is 1. The first-order valence-corrected chi connectivity index (χ1v) is 10.1. The molecule has 0 radical (unpaired) electrons. The molecule has 25 heavy (non-hydrogen) atoms. The molecule has 2 aromatic heterocycles. The minimum atomic E-state index is 0.115. The first-order chi connectivity index (χ1) is 12.2. The van der Waals surface area contributed by atoms with E-state index in [1.807, 2.05) is 23.3 Å². The summed E-state index contributed by atoms with van der Waals surface area (Å²) in [5, 5.41) is 5.05. The maximum atomic E-state index is 12.9. The summed E-state index contributed by atoms with van der Waals surface area (Å²) in [5.74, 6) is 0.115. The quantitative estimate of drug-likeness (QED) is 0.696. The van der Waals surface area contributed by atoms with Crippen molar-refractivity contribution in [2.24, 2.45) is 0 Å². The topological polar surface area (TPSA) is 36.4 Å². The van der Waals surface area contributed by atoms with E-state index in [-0.39, 0.29) is 5.91 Å². The zero-order valence-corrected chi connectivity index (χ0v) is 15.6. The maximum absolute atomic E-state index is 12.9. The molecule has 0 atom stereocenters. The highest BCUT2D eigenvalue weighted by atomic mass is 32.1. The number of hydrogen-bond donors (Lipinski definition) is 0. The third kappa shape index (κ3) is 3.32. The molecule has 4 rings (SSSR count). The molecule has 0 unspecified atom stereocenters. The zero-order valence-electron chi connectivity index (χ0n) is 14.0. The molecular formula is C19H19N3OS2. The van der Waals surface area contributed by atoms with Crippen molar-refractivity contribution in [1.82, 2.24) is 9.88 Å². The summed E-state index contributed by atoms with van der Waals surface area (Å²) in [6.45, 7) is 5.16. The van der Waals surface area contributed by atoms with Gasteiger partial charge in [0.15, 0.2) is 0 Å². The van der Waals surface area contributed by atoms with Crippen molar-refractivity contribution in [3.8, 4) is 10.6 Å². The molecule has 0 N–H and O–H groups in total. The first kappa shape index (κ1) is 16.3. The summed E-state index contributed by atoms with van der Waals surface area (Å²) in [4.78, 5) is 22.6. The molecule has 128 valence electrons. The molecule has 1 amide bonds. The Labute approximate surface area is 155 Å². The van der Waals surface area contributed by atoms with E-state index in [4.69, 9.17) is 0 Å². The van der Waals surface area contributed by atoms with E-state index in [1.54, 1.807) is 11.3 Å². The van der Waals surface area contributed by atoms with Gasteiger partial charge in [0.05, 0.1) is 5.69 Å². The molecule has 6 heteroatoms. The van der Waals surface area contributed by atoms with E-state index >= 15 is 0 Å². The van der Waals surface area contributed by atoms with E-state index in [0.29, 0.717) is 0 Å². The Morgan fingerprint density at radius 1 is 1.08 bits per heavy atom. The van der Waals surface area contributed by atoms with Gasteiger partial charge in [0.2, 0.25) is 0 Å². The highest BCUT2D eigenvalue weighted by molar-refractivity contribution is 7.17. The van der Waals surface area contributed by atoms with Crippen LogP contribution in [0.4, 0.5) is 5.69 Å². The van der Waals surface area contributed by atoms with Gasteiger partial charge in [0, 0.05) is 42.8 Å². The Balaban J connectivity index is 1.46. The number of piperazine rings is 1. The SMILES string of the molecule is Cc1nc(-c2ccsc2)sc1C(=O)N1CCN(c2ccccc2)CC1. The molecule has 1 aliphatic rings. The van der Waals surface area contributed by atoms with Crippen molar-refractivity contribution in [2.75, 3.05) is 31.1 Å². The fourth-order valence-corrected chi connectivity index (χ4v) is 4.80. The average Bonchev–Trinajstić information content (AvgIpc) is 3.32. The molecule has 1 fully saturated rings. The van der Waals surface area contributed by atoms with Gasteiger partial charge in [-0.15, -0.1) is 11.3 Å². The monoisotopic (exact) mass is 369 g/mol. The van der Waals surface area contributed by atoms with Gasteiger partial charge < -0.3 is 9.80 Å². The second kappa shape index (κ2) is 6.98. The summed E-state index contributed by atoms with van der Waals surface area (Å²) >= 11 is 3.16. The maximum Gasteiger partial charge on any atom is 0.265 e. The van der Waals surface area contributed by atoms with Gasteiger partial charge in [-0.3, -0.25) is 4.79 Å². The lowest BCUT2D eigenvalue weighted by molar-refractivity contribution is 0.0750. The van der Waals surface area contributed by atoms with Crippen LogP contribution in [-0.4, -0.2) is 42.0 Å². The normalized spacial score (nSPS) is 14.8. The van der Waals surface area contributed by atoms with Crippen LogP contribution in [0.5, 0.6) is 0 Å². The van der Waals surface area contributed by atoms with Crippen LogP contribution >= 0.6 is 22.7 Å². The molecule has 0 spiro atoms. The number of hydrogen-bond acceptors (Lipinski definition) is 5. The number of thiazole rings is 1. The molecule has 1 aromatic carbocycles. The van der Waals surface area contributed by atoms with Gasteiger partial charge in [-0.1, -0.05) is 18.2 Å². The summed E-state index contributed by atoms with van der Waals surface area (Å²) in [6, 6.07) is 12.4. The molecule has 4 nitrogen and oxygen atoms in total. The van der Waals surface area contributed by atoms with Crippen molar-refractivity contribution in [2.45, 2.75) is 6.92 Å². The van der Waals surface area contributed by atoms with Crippen LogP contribution in [0, 0.1) is 6.92 Å². The van der Waals surface area contributed by atoms with Gasteiger partial charge in [-0.05, 0) is 30.5 Å². The predicted octanol–water partition coefficient (Wildman–Crippen LogP) is 4.14.